The first-order valence-corrected chi connectivity index (χ1v) is 20.6. The van der Waals surface area contributed by atoms with E-state index in [1.807, 2.05) is 41.0 Å². The molecule has 3 amide bonds. The fourth-order valence-electron chi connectivity index (χ4n) is 7.53. The summed E-state index contributed by atoms with van der Waals surface area (Å²) in [7, 11) is -3.95. The molecule has 2 saturated carbocycles. The van der Waals surface area contributed by atoms with Gasteiger partial charge in [-0.25, -0.2) is 13.4 Å². The van der Waals surface area contributed by atoms with Crippen LogP contribution in [0, 0.1) is 16.7 Å². The van der Waals surface area contributed by atoms with Gasteiger partial charge in [-0.3, -0.25) is 23.7 Å². The van der Waals surface area contributed by atoms with Crippen molar-refractivity contribution in [1.82, 2.24) is 24.5 Å². The fourth-order valence-corrected chi connectivity index (χ4v) is 8.86. The van der Waals surface area contributed by atoms with Crippen LogP contribution in [0.25, 0.3) is 16.7 Å². The van der Waals surface area contributed by atoms with Crippen LogP contribution < -0.4 is 20.1 Å². The number of hydrogen-bond acceptors (Lipinski definition) is 8. The molecule has 308 valence electrons. The van der Waals surface area contributed by atoms with Crippen LogP contribution >= 0.6 is 0 Å². The average Bonchev–Trinajstić information content (AvgIpc) is 4.00. The first kappa shape index (κ1) is 40.8. The normalized spacial score (nSPS) is 23.2. The predicted molar refractivity (Wildman–Crippen MR) is 212 cm³/mol. The van der Waals surface area contributed by atoms with Gasteiger partial charge in [0.25, 0.3) is 0 Å². The topological polar surface area (TPSA) is 152 Å². The summed E-state index contributed by atoms with van der Waals surface area (Å²) in [6.07, 6.45) is -0.861. The lowest BCUT2D eigenvalue weighted by Crippen LogP contribution is -2.55. The number of para-hydroxylation sites is 1. The number of halogens is 3. The molecule has 5 unspecified atom stereocenters. The van der Waals surface area contributed by atoms with Gasteiger partial charge in [0.05, 0.1) is 33.3 Å². The van der Waals surface area contributed by atoms with Crippen molar-refractivity contribution in [3.63, 3.8) is 0 Å². The zero-order valence-corrected chi connectivity index (χ0v) is 33.5. The van der Waals surface area contributed by atoms with E-state index in [1.165, 1.54) is 17.0 Å². The Kier molecular flexibility index (Phi) is 10.4. The zero-order valence-electron chi connectivity index (χ0n) is 32.7. The Morgan fingerprint density at radius 3 is 2.40 bits per heavy atom. The van der Waals surface area contributed by atoms with Gasteiger partial charge in [-0.2, -0.15) is 13.2 Å². The van der Waals surface area contributed by atoms with Gasteiger partial charge in [-0.15, -0.1) is 6.58 Å². The number of hydrogen-bond donors (Lipinski definition) is 3. The molecule has 2 heterocycles. The number of anilines is 1. The zero-order chi connectivity index (χ0) is 41.8. The van der Waals surface area contributed by atoms with E-state index in [4.69, 9.17) is 4.74 Å². The largest absolute Gasteiger partial charge is 0.488 e. The van der Waals surface area contributed by atoms with Gasteiger partial charge >= 0.3 is 6.18 Å². The number of rotatable bonds is 13. The molecule has 7 rings (SSSR count). The Morgan fingerprint density at radius 1 is 1.03 bits per heavy atom. The molecule has 4 aromatic rings. The molecule has 0 radical (unpaired) electrons. The van der Waals surface area contributed by atoms with E-state index >= 15 is 0 Å². The number of sulfonamides is 1. The van der Waals surface area contributed by atoms with Crippen molar-refractivity contribution in [3.05, 3.63) is 97.3 Å². The average molecular weight is 821 g/mol. The molecule has 3 aliphatic rings. The van der Waals surface area contributed by atoms with Gasteiger partial charge in [0.1, 0.15) is 30.3 Å². The summed E-state index contributed by atoms with van der Waals surface area (Å²) < 4.78 is 76.5. The third-order valence-corrected chi connectivity index (χ3v) is 13.8. The smallest absolute Gasteiger partial charge is 0.416 e. The van der Waals surface area contributed by atoms with Crippen molar-refractivity contribution in [1.29, 1.82) is 0 Å². The van der Waals surface area contributed by atoms with E-state index in [2.05, 4.69) is 26.9 Å². The number of fused-ring (bicyclic) bond motifs is 1. The second kappa shape index (κ2) is 14.8. The Bertz CT molecular complexity index is 2360. The van der Waals surface area contributed by atoms with Gasteiger partial charge in [0, 0.05) is 30.4 Å². The fraction of sp³-hybridized carbons (Fsp3) is 0.429. The monoisotopic (exact) mass is 820 g/mol. The number of aromatic nitrogens is 2. The van der Waals surface area contributed by atoms with Gasteiger partial charge in [-0.05, 0) is 80.0 Å². The molecule has 2 aliphatic carbocycles. The number of allylic oxidation sites excluding steroid dienone is 1. The summed E-state index contributed by atoms with van der Waals surface area (Å²) in [6, 6.07) is 17.4. The minimum atomic E-state index is -4.61. The van der Waals surface area contributed by atoms with Crippen molar-refractivity contribution in [2.24, 2.45) is 16.7 Å². The highest BCUT2D eigenvalue weighted by Crippen LogP contribution is 2.54. The Hall–Kier alpha value is -5.38. The summed E-state index contributed by atoms with van der Waals surface area (Å²) in [5.41, 5.74) is -0.530. The molecule has 0 bridgehead atoms. The SMILES string of the molecule is C=CC1CC1(CNC(=O)C1CC(Oc2ccc3ncn(-c4ccccc4)c3c2)CN1C(=O)C(Nc1cccc(C(F)(F)F)c1)C(C)(C)C)C(=O)NS(=O)(=O)C1(C)CC1. The standard InChI is InChI=1S/C42H47F3N6O6S/c1-6-26-22-41(26,38(54)49-58(55,56)40(5)17-18-40)24-46-36(52)34-21-31(57-30-15-16-32-33(20-30)51(25-47-32)29-13-8-7-9-14-29)23-50(34)37(53)35(39(2,3)4)48-28-12-10-11-27(19-28)42(43,44)45/h6-16,19-20,25-26,31,34-35,48H,1,17-18,21-24H2,2-5H3,(H,46,52)(H,49,54). The summed E-state index contributed by atoms with van der Waals surface area (Å²) in [6.45, 7) is 10.4. The minimum Gasteiger partial charge on any atom is -0.488 e. The maximum absolute atomic E-state index is 14.7. The number of benzene rings is 3. The number of amides is 3. The molecule has 1 aromatic heterocycles. The predicted octanol–water partition coefficient (Wildman–Crippen LogP) is 6.23. The Balaban J connectivity index is 1.15. The maximum atomic E-state index is 14.7. The van der Waals surface area contributed by atoms with Crippen LogP contribution in [0.15, 0.2) is 91.8 Å². The van der Waals surface area contributed by atoms with Gasteiger partial charge in [0.15, 0.2) is 0 Å². The first-order valence-electron chi connectivity index (χ1n) is 19.2. The lowest BCUT2D eigenvalue weighted by molar-refractivity contribution is -0.141. The number of likely N-dealkylation sites (tertiary alicyclic amines) is 1. The molecular weight excluding hydrogens is 774 g/mol. The van der Waals surface area contributed by atoms with Crippen LogP contribution in [-0.2, 0) is 30.6 Å². The van der Waals surface area contributed by atoms with E-state index in [-0.39, 0.29) is 31.6 Å². The van der Waals surface area contributed by atoms with Crippen molar-refractivity contribution in [2.75, 3.05) is 18.4 Å². The Labute approximate surface area is 335 Å². The highest BCUT2D eigenvalue weighted by Gasteiger charge is 2.61. The van der Waals surface area contributed by atoms with E-state index in [0.717, 1.165) is 28.9 Å². The molecular formula is C42H47F3N6O6S. The number of imidazole rings is 1. The van der Waals surface area contributed by atoms with Crippen LogP contribution in [0.5, 0.6) is 5.75 Å². The van der Waals surface area contributed by atoms with Crippen molar-refractivity contribution >= 4 is 44.5 Å². The molecule has 3 aromatic carbocycles. The van der Waals surface area contributed by atoms with Crippen LogP contribution in [0.4, 0.5) is 18.9 Å². The van der Waals surface area contributed by atoms with Crippen LogP contribution in [-0.4, -0.2) is 76.6 Å². The molecule has 0 spiro atoms. The van der Waals surface area contributed by atoms with Crippen LogP contribution in [0.3, 0.4) is 0 Å². The van der Waals surface area contributed by atoms with Crippen molar-refractivity contribution in [2.45, 2.75) is 82.5 Å². The molecule has 3 fully saturated rings. The third kappa shape index (κ3) is 8.03. The number of alkyl halides is 3. The van der Waals surface area contributed by atoms with E-state index in [1.54, 1.807) is 52.2 Å². The molecule has 12 nitrogen and oxygen atoms in total. The third-order valence-electron chi connectivity index (χ3n) is 11.6. The second-order valence-corrected chi connectivity index (χ2v) is 19.1. The molecule has 58 heavy (non-hydrogen) atoms. The first-order chi connectivity index (χ1) is 27.2. The molecule has 5 atom stereocenters. The Morgan fingerprint density at radius 2 is 1.76 bits per heavy atom. The second-order valence-electron chi connectivity index (χ2n) is 16.9. The number of carbonyl (C=O) groups excluding carboxylic acids is 3. The minimum absolute atomic E-state index is 0.0402. The van der Waals surface area contributed by atoms with E-state index in [0.29, 0.717) is 18.6 Å². The number of carbonyl (C=O) groups is 3. The van der Waals surface area contributed by atoms with Crippen LogP contribution in [0.1, 0.15) is 58.9 Å². The maximum Gasteiger partial charge on any atom is 0.416 e. The van der Waals surface area contributed by atoms with Gasteiger partial charge in [0.2, 0.25) is 27.7 Å². The molecule has 16 heteroatoms. The highest BCUT2D eigenvalue weighted by molar-refractivity contribution is 7.91. The van der Waals surface area contributed by atoms with Gasteiger partial charge in [-0.1, -0.05) is 51.1 Å². The summed E-state index contributed by atoms with van der Waals surface area (Å²) >= 11 is 0. The summed E-state index contributed by atoms with van der Waals surface area (Å²) in [5, 5.41) is 5.84. The summed E-state index contributed by atoms with van der Waals surface area (Å²) in [4.78, 5) is 48.3. The molecule has 3 N–H and O–H groups in total. The highest BCUT2D eigenvalue weighted by atomic mass is 32.2. The van der Waals surface area contributed by atoms with E-state index in [9.17, 15) is 36.0 Å². The summed E-state index contributed by atoms with van der Waals surface area (Å²) in [5.74, 6) is -1.79. The number of nitrogens with one attached hydrogen (secondary N) is 3. The lowest BCUT2D eigenvalue weighted by Gasteiger charge is -2.36. The number of ether oxygens (including phenoxy) is 1. The van der Waals surface area contributed by atoms with E-state index < -0.39 is 79.2 Å². The van der Waals surface area contributed by atoms with Crippen molar-refractivity contribution < 1.29 is 40.7 Å². The molecule has 1 saturated heterocycles. The molecule has 1 aliphatic heterocycles. The quantitative estimate of drug-likeness (QED) is 0.135. The lowest BCUT2D eigenvalue weighted by atomic mass is 9.85. The van der Waals surface area contributed by atoms with Crippen molar-refractivity contribution in [3.8, 4) is 11.4 Å². The number of nitrogens with zero attached hydrogens (tertiary/aromatic N) is 3. The van der Waals surface area contributed by atoms with Crippen LogP contribution in [0.2, 0.25) is 0 Å². The van der Waals surface area contributed by atoms with Gasteiger partial charge < -0.3 is 20.3 Å².